The van der Waals surface area contributed by atoms with E-state index in [1.165, 1.54) is 30.2 Å². The number of benzene rings is 1. The first-order valence-electron chi connectivity index (χ1n) is 11.1. The Morgan fingerprint density at radius 1 is 1.13 bits per heavy atom. The number of amides is 2. The van der Waals surface area contributed by atoms with Crippen LogP contribution in [-0.2, 0) is 10.2 Å². The van der Waals surface area contributed by atoms with Crippen molar-refractivity contribution in [3.63, 3.8) is 0 Å². The minimum atomic E-state index is -0.0414. The van der Waals surface area contributed by atoms with Crippen LogP contribution in [0.15, 0.2) is 42.9 Å². The molecule has 2 fully saturated rings. The smallest absolute Gasteiger partial charge is 0.274 e. The Hall–Kier alpha value is -2.76. The molecule has 1 atom stereocenters. The molecule has 1 aromatic carbocycles. The molecule has 6 heteroatoms. The fourth-order valence-electron chi connectivity index (χ4n) is 5.27. The molecule has 0 bridgehead atoms. The Kier molecular flexibility index (Phi) is 5.01. The Morgan fingerprint density at radius 3 is 2.67 bits per heavy atom. The van der Waals surface area contributed by atoms with Gasteiger partial charge in [0.05, 0.1) is 6.20 Å². The molecule has 0 radical (unpaired) electrons. The molecule has 1 aliphatic heterocycles. The van der Waals surface area contributed by atoms with E-state index in [1.54, 1.807) is 12.4 Å². The van der Waals surface area contributed by atoms with Gasteiger partial charge in [-0.2, -0.15) is 0 Å². The lowest BCUT2D eigenvalue weighted by Gasteiger charge is -2.40. The van der Waals surface area contributed by atoms with E-state index in [2.05, 4.69) is 39.6 Å². The number of hydrogen-bond donors (Lipinski definition) is 1. The first-order chi connectivity index (χ1) is 14.6. The number of carbonyl (C=O) groups is 2. The average molecular weight is 405 g/mol. The third-order valence-electron chi connectivity index (χ3n) is 7.12. The van der Waals surface area contributed by atoms with E-state index in [1.807, 2.05) is 4.90 Å². The molecule has 1 spiro atoms. The Balaban J connectivity index is 1.28. The van der Waals surface area contributed by atoms with Gasteiger partial charge in [0.25, 0.3) is 5.91 Å². The zero-order chi connectivity index (χ0) is 20.6. The summed E-state index contributed by atoms with van der Waals surface area (Å²) >= 11 is 0. The molecule has 1 N–H and O–H groups in total. The maximum absolute atomic E-state index is 12.8. The lowest BCUT2D eigenvalue weighted by molar-refractivity contribution is -0.121. The number of fused-ring (bicyclic) bond motifs is 2. The van der Waals surface area contributed by atoms with Gasteiger partial charge >= 0.3 is 0 Å². The van der Waals surface area contributed by atoms with Crippen molar-refractivity contribution < 1.29 is 9.59 Å². The second-order valence-electron chi connectivity index (χ2n) is 9.10. The molecule has 2 amide bonds. The standard InChI is InChI=1S/C24H28N4O2/c29-22(27-15-17-5-6-17)13-18-14-24(20-4-2-1-3-19(18)20)7-11-28(12-8-24)23(30)21-16-25-9-10-26-21/h1-4,9-10,16-18H,5-8,11-15H2,(H,27,29)/t18-/m0/s1. The van der Waals surface area contributed by atoms with Crippen LogP contribution in [0.5, 0.6) is 0 Å². The number of piperidine rings is 1. The summed E-state index contributed by atoms with van der Waals surface area (Å²) in [7, 11) is 0. The van der Waals surface area contributed by atoms with Gasteiger partial charge in [-0.1, -0.05) is 24.3 Å². The Labute approximate surface area is 177 Å². The normalized spacial score (nSPS) is 22.0. The van der Waals surface area contributed by atoms with Crippen molar-refractivity contribution in [2.24, 2.45) is 5.92 Å². The average Bonchev–Trinajstić information content (AvgIpc) is 3.58. The van der Waals surface area contributed by atoms with E-state index in [0.29, 0.717) is 31.1 Å². The highest BCUT2D eigenvalue weighted by Crippen LogP contribution is 2.52. The van der Waals surface area contributed by atoms with Crippen molar-refractivity contribution in [3.05, 3.63) is 59.7 Å². The van der Waals surface area contributed by atoms with E-state index in [9.17, 15) is 9.59 Å². The molecule has 1 saturated heterocycles. The third kappa shape index (κ3) is 3.71. The first kappa shape index (κ1) is 19.2. The highest BCUT2D eigenvalue weighted by atomic mass is 16.2. The summed E-state index contributed by atoms with van der Waals surface area (Å²) in [4.78, 5) is 35.4. The van der Waals surface area contributed by atoms with E-state index < -0.39 is 0 Å². The highest BCUT2D eigenvalue weighted by molar-refractivity contribution is 5.92. The fourth-order valence-corrected chi connectivity index (χ4v) is 5.27. The van der Waals surface area contributed by atoms with E-state index >= 15 is 0 Å². The largest absolute Gasteiger partial charge is 0.356 e. The summed E-state index contributed by atoms with van der Waals surface area (Å²) in [5.41, 5.74) is 3.19. The summed E-state index contributed by atoms with van der Waals surface area (Å²) in [6, 6.07) is 8.62. The molecule has 1 aromatic heterocycles. The summed E-state index contributed by atoms with van der Waals surface area (Å²) in [6.07, 6.45) is 10.6. The number of nitrogens with one attached hydrogen (secondary N) is 1. The maximum atomic E-state index is 12.8. The number of carbonyl (C=O) groups excluding carboxylic acids is 2. The topological polar surface area (TPSA) is 75.2 Å². The second-order valence-corrected chi connectivity index (χ2v) is 9.10. The lowest BCUT2D eigenvalue weighted by atomic mass is 9.73. The van der Waals surface area contributed by atoms with E-state index in [0.717, 1.165) is 25.8 Å². The summed E-state index contributed by atoms with van der Waals surface area (Å²) < 4.78 is 0. The van der Waals surface area contributed by atoms with Gasteiger partial charge in [-0.15, -0.1) is 0 Å². The number of nitrogens with zero attached hydrogens (tertiary/aromatic N) is 3. The fraction of sp³-hybridized carbons (Fsp3) is 0.500. The lowest BCUT2D eigenvalue weighted by Crippen LogP contribution is -2.44. The van der Waals surface area contributed by atoms with Crippen LogP contribution in [0.25, 0.3) is 0 Å². The van der Waals surface area contributed by atoms with Crippen molar-refractivity contribution in [2.75, 3.05) is 19.6 Å². The second kappa shape index (κ2) is 7.82. The highest BCUT2D eigenvalue weighted by Gasteiger charge is 2.46. The SMILES string of the molecule is O=C(C[C@H]1CC2(CCN(C(=O)c3cnccn3)CC2)c2ccccc21)NCC1CC1. The van der Waals surface area contributed by atoms with Gasteiger partial charge in [-0.25, -0.2) is 4.98 Å². The molecule has 5 rings (SSSR count). The van der Waals surface area contributed by atoms with Gasteiger partial charge in [0.15, 0.2) is 0 Å². The predicted octanol–water partition coefficient (Wildman–Crippen LogP) is 3.05. The van der Waals surface area contributed by atoms with E-state index in [4.69, 9.17) is 0 Å². The van der Waals surface area contributed by atoms with Crippen molar-refractivity contribution >= 4 is 11.8 Å². The van der Waals surface area contributed by atoms with Crippen LogP contribution in [0.2, 0.25) is 0 Å². The molecule has 3 aliphatic rings. The number of hydrogen-bond acceptors (Lipinski definition) is 4. The zero-order valence-corrected chi connectivity index (χ0v) is 17.2. The molecule has 0 unspecified atom stereocenters. The molecule has 30 heavy (non-hydrogen) atoms. The minimum Gasteiger partial charge on any atom is -0.356 e. The van der Waals surface area contributed by atoms with Crippen LogP contribution in [0.4, 0.5) is 0 Å². The molecular weight excluding hydrogens is 376 g/mol. The maximum Gasteiger partial charge on any atom is 0.274 e. The third-order valence-corrected chi connectivity index (χ3v) is 7.12. The van der Waals surface area contributed by atoms with Crippen LogP contribution in [0.3, 0.4) is 0 Å². The molecule has 6 nitrogen and oxygen atoms in total. The Morgan fingerprint density at radius 2 is 1.93 bits per heavy atom. The van der Waals surface area contributed by atoms with Crippen LogP contribution < -0.4 is 5.32 Å². The quantitative estimate of drug-likeness (QED) is 0.831. The van der Waals surface area contributed by atoms with Gasteiger partial charge in [0.1, 0.15) is 5.69 Å². The van der Waals surface area contributed by atoms with Crippen LogP contribution >= 0.6 is 0 Å². The molecule has 156 valence electrons. The van der Waals surface area contributed by atoms with Crippen LogP contribution in [0, 0.1) is 5.92 Å². The molecule has 2 heterocycles. The van der Waals surface area contributed by atoms with Crippen LogP contribution in [0.1, 0.15) is 66.1 Å². The molecule has 1 saturated carbocycles. The Bertz CT molecular complexity index is 933. The van der Waals surface area contributed by atoms with Crippen molar-refractivity contribution in [3.8, 4) is 0 Å². The van der Waals surface area contributed by atoms with Gasteiger partial charge in [0, 0.05) is 38.4 Å². The predicted molar refractivity (Wildman–Crippen MR) is 113 cm³/mol. The molecular formula is C24H28N4O2. The number of likely N-dealkylation sites (tertiary alicyclic amines) is 1. The first-order valence-corrected chi connectivity index (χ1v) is 11.1. The number of rotatable bonds is 5. The van der Waals surface area contributed by atoms with Gasteiger partial charge in [-0.05, 0) is 60.5 Å². The summed E-state index contributed by atoms with van der Waals surface area (Å²) in [5, 5.41) is 3.13. The van der Waals surface area contributed by atoms with Gasteiger partial charge in [0.2, 0.25) is 5.91 Å². The molecule has 2 aliphatic carbocycles. The molecule has 2 aromatic rings. The minimum absolute atomic E-state index is 0.0414. The van der Waals surface area contributed by atoms with Crippen LogP contribution in [-0.4, -0.2) is 46.3 Å². The number of aromatic nitrogens is 2. The monoisotopic (exact) mass is 404 g/mol. The van der Waals surface area contributed by atoms with Gasteiger partial charge < -0.3 is 10.2 Å². The van der Waals surface area contributed by atoms with E-state index in [-0.39, 0.29) is 23.1 Å². The summed E-state index contributed by atoms with van der Waals surface area (Å²) in [5.74, 6) is 1.10. The summed E-state index contributed by atoms with van der Waals surface area (Å²) in [6.45, 7) is 2.26. The van der Waals surface area contributed by atoms with Crippen molar-refractivity contribution in [2.45, 2.75) is 49.9 Å². The van der Waals surface area contributed by atoms with Crippen molar-refractivity contribution in [1.29, 1.82) is 0 Å². The van der Waals surface area contributed by atoms with Crippen molar-refractivity contribution in [1.82, 2.24) is 20.2 Å². The van der Waals surface area contributed by atoms with Gasteiger partial charge in [-0.3, -0.25) is 14.6 Å². The zero-order valence-electron chi connectivity index (χ0n) is 17.2.